The van der Waals surface area contributed by atoms with Crippen LogP contribution in [0.4, 0.5) is 0 Å². The van der Waals surface area contributed by atoms with Crippen molar-refractivity contribution in [1.82, 2.24) is 4.90 Å². The highest BCUT2D eigenvalue weighted by Crippen LogP contribution is 2.19. The second-order valence-corrected chi connectivity index (χ2v) is 2.72. The van der Waals surface area contributed by atoms with Crippen molar-refractivity contribution < 1.29 is 0 Å². The summed E-state index contributed by atoms with van der Waals surface area (Å²) in [7, 11) is 2.02. The molecule has 2 heteroatoms. The second-order valence-electron chi connectivity index (χ2n) is 2.21. The Hall–Kier alpha value is 0.250. The first kappa shape index (κ1) is 6.37. The molecule has 0 aromatic carbocycles. The van der Waals surface area contributed by atoms with E-state index in [2.05, 4.69) is 11.4 Å². The van der Waals surface area contributed by atoms with Crippen molar-refractivity contribution in [3.05, 3.63) is 6.54 Å². The predicted octanol–water partition coefficient (Wildman–Crippen LogP) is 1.83. The Morgan fingerprint density at radius 1 is 1.75 bits per heavy atom. The van der Waals surface area contributed by atoms with Crippen LogP contribution in [0.3, 0.4) is 0 Å². The maximum atomic E-state index is 5.86. The molecular formula is C6H11ClN. The summed E-state index contributed by atoms with van der Waals surface area (Å²) in [6, 6.07) is 0. The van der Waals surface area contributed by atoms with Gasteiger partial charge in [-0.15, -0.1) is 11.6 Å². The highest BCUT2D eigenvalue weighted by molar-refractivity contribution is 6.20. The molecule has 1 radical (unpaired) electrons. The Balaban J connectivity index is 2.28. The Morgan fingerprint density at radius 3 is 2.88 bits per heavy atom. The van der Waals surface area contributed by atoms with E-state index in [-0.39, 0.29) is 5.50 Å². The van der Waals surface area contributed by atoms with Gasteiger partial charge in [-0.2, -0.15) is 0 Å². The fourth-order valence-corrected chi connectivity index (χ4v) is 1.13. The molecule has 8 heavy (non-hydrogen) atoms. The molecule has 0 aliphatic carbocycles. The smallest absolute Gasteiger partial charge is 0.0850 e. The van der Waals surface area contributed by atoms with Crippen LogP contribution in [0.5, 0.6) is 0 Å². The van der Waals surface area contributed by atoms with Gasteiger partial charge < -0.3 is 0 Å². The lowest BCUT2D eigenvalue weighted by Crippen LogP contribution is -2.27. The third-order valence-corrected chi connectivity index (χ3v) is 2.03. The van der Waals surface area contributed by atoms with Crippen molar-refractivity contribution in [2.24, 2.45) is 0 Å². The van der Waals surface area contributed by atoms with Crippen LogP contribution < -0.4 is 0 Å². The van der Waals surface area contributed by atoms with Crippen LogP contribution in [0.25, 0.3) is 0 Å². The summed E-state index contributed by atoms with van der Waals surface area (Å²) in [5, 5.41) is 0. The number of nitrogens with zero attached hydrogens (tertiary/aromatic N) is 1. The van der Waals surface area contributed by atoms with E-state index in [9.17, 15) is 0 Å². The number of hydrogen-bond donors (Lipinski definition) is 0. The van der Waals surface area contributed by atoms with E-state index in [1.165, 1.54) is 12.8 Å². The van der Waals surface area contributed by atoms with Crippen molar-refractivity contribution in [2.45, 2.75) is 24.8 Å². The molecule has 1 aliphatic heterocycles. The molecule has 0 bridgehead atoms. The molecule has 1 fully saturated rings. The molecule has 0 saturated carbocycles. The first-order chi connectivity index (χ1) is 3.80. The molecular weight excluding hydrogens is 122 g/mol. The van der Waals surface area contributed by atoms with Crippen LogP contribution in [0.15, 0.2) is 0 Å². The molecule has 1 nitrogen and oxygen atoms in total. The Morgan fingerprint density at radius 2 is 2.50 bits per heavy atom. The highest BCUT2D eigenvalue weighted by atomic mass is 35.5. The summed E-state index contributed by atoms with van der Waals surface area (Å²) in [5.41, 5.74) is 0.253. The average molecular weight is 133 g/mol. The quantitative estimate of drug-likeness (QED) is 0.359. The SMILES string of the molecule is CN1[CH]CCCC1Cl. The molecule has 1 saturated heterocycles. The van der Waals surface area contributed by atoms with Crippen molar-refractivity contribution in [3.8, 4) is 0 Å². The zero-order valence-electron chi connectivity index (χ0n) is 5.10. The van der Waals surface area contributed by atoms with Gasteiger partial charge in [0.25, 0.3) is 0 Å². The molecule has 0 aromatic rings. The second kappa shape index (κ2) is 2.70. The van der Waals surface area contributed by atoms with E-state index in [0.717, 1.165) is 6.42 Å². The normalized spacial score (nSPS) is 33.0. The lowest BCUT2D eigenvalue weighted by atomic mass is 10.1. The topological polar surface area (TPSA) is 3.24 Å². The monoisotopic (exact) mass is 132 g/mol. The fraction of sp³-hybridized carbons (Fsp3) is 0.833. The largest absolute Gasteiger partial charge is 0.286 e. The minimum absolute atomic E-state index is 0.253. The maximum absolute atomic E-state index is 5.86. The molecule has 1 aliphatic rings. The zero-order valence-corrected chi connectivity index (χ0v) is 5.86. The number of hydrogen-bond acceptors (Lipinski definition) is 1. The average Bonchev–Trinajstić information content (AvgIpc) is 1.77. The molecule has 1 rings (SSSR count). The minimum Gasteiger partial charge on any atom is -0.286 e. The summed E-state index contributed by atoms with van der Waals surface area (Å²) in [4.78, 5) is 2.07. The summed E-state index contributed by atoms with van der Waals surface area (Å²) in [5.74, 6) is 0. The van der Waals surface area contributed by atoms with E-state index in [4.69, 9.17) is 11.6 Å². The van der Waals surface area contributed by atoms with Gasteiger partial charge in [0.05, 0.1) is 5.50 Å². The first-order valence-corrected chi connectivity index (χ1v) is 3.43. The van der Waals surface area contributed by atoms with Gasteiger partial charge >= 0.3 is 0 Å². The molecule has 1 heterocycles. The number of rotatable bonds is 0. The molecule has 0 N–H and O–H groups in total. The van der Waals surface area contributed by atoms with Crippen LogP contribution in [0.1, 0.15) is 19.3 Å². The van der Waals surface area contributed by atoms with Crippen LogP contribution in [-0.2, 0) is 0 Å². The Kier molecular flexibility index (Phi) is 2.15. The van der Waals surface area contributed by atoms with Gasteiger partial charge in [0.15, 0.2) is 0 Å². The number of piperidine rings is 1. The van der Waals surface area contributed by atoms with E-state index in [1.807, 2.05) is 7.05 Å². The number of alkyl halides is 1. The lowest BCUT2D eigenvalue weighted by Gasteiger charge is -2.26. The van der Waals surface area contributed by atoms with Crippen molar-refractivity contribution in [1.29, 1.82) is 0 Å². The molecule has 0 spiro atoms. The first-order valence-electron chi connectivity index (χ1n) is 3.00. The van der Waals surface area contributed by atoms with E-state index in [1.54, 1.807) is 0 Å². The minimum atomic E-state index is 0.253. The molecule has 0 amide bonds. The third kappa shape index (κ3) is 1.36. The van der Waals surface area contributed by atoms with Crippen LogP contribution in [-0.4, -0.2) is 17.4 Å². The zero-order chi connectivity index (χ0) is 5.98. The lowest BCUT2D eigenvalue weighted by molar-refractivity contribution is 0.301. The van der Waals surface area contributed by atoms with Crippen LogP contribution in [0.2, 0.25) is 0 Å². The van der Waals surface area contributed by atoms with Crippen molar-refractivity contribution in [3.63, 3.8) is 0 Å². The van der Waals surface area contributed by atoms with E-state index in [0.29, 0.717) is 0 Å². The number of halogens is 1. The van der Waals surface area contributed by atoms with Gasteiger partial charge in [-0.05, 0) is 26.3 Å². The summed E-state index contributed by atoms with van der Waals surface area (Å²) in [6.07, 6.45) is 3.58. The van der Waals surface area contributed by atoms with Gasteiger partial charge in [-0.3, -0.25) is 4.90 Å². The molecule has 1 unspecified atom stereocenters. The molecule has 1 atom stereocenters. The summed E-state index contributed by atoms with van der Waals surface area (Å²) in [6.45, 7) is 2.15. The van der Waals surface area contributed by atoms with Crippen molar-refractivity contribution >= 4 is 11.6 Å². The Bertz CT molecular complexity index is 64.9. The van der Waals surface area contributed by atoms with Gasteiger partial charge in [-0.25, -0.2) is 0 Å². The fourth-order valence-electron chi connectivity index (χ4n) is 0.899. The van der Waals surface area contributed by atoms with E-state index >= 15 is 0 Å². The summed E-state index contributed by atoms with van der Waals surface area (Å²) >= 11 is 5.86. The van der Waals surface area contributed by atoms with Gasteiger partial charge in [-0.1, -0.05) is 0 Å². The maximum Gasteiger partial charge on any atom is 0.0850 e. The van der Waals surface area contributed by atoms with Gasteiger partial charge in [0.1, 0.15) is 0 Å². The van der Waals surface area contributed by atoms with Gasteiger partial charge in [0, 0.05) is 6.54 Å². The van der Waals surface area contributed by atoms with Crippen LogP contribution in [0, 0.1) is 6.54 Å². The summed E-state index contributed by atoms with van der Waals surface area (Å²) < 4.78 is 0. The molecule has 47 valence electrons. The van der Waals surface area contributed by atoms with E-state index < -0.39 is 0 Å². The van der Waals surface area contributed by atoms with Crippen LogP contribution >= 0.6 is 11.6 Å². The van der Waals surface area contributed by atoms with Crippen molar-refractivity contribution in [2.75, 3.05) is 7.05 Å². The van der Waals surface area contributed by atoms with Gasteiger partial charge in [0.2, 0.25) is 0 Å². The molecule has 0 aromatic heterocycles. The standard InChI is InChI=1S/C6H11ClN/c1-8-5-3-2-4-6(8)7/h5-6H,2-4H2,1H3. The predicted molar refractivity (Wildman–Crippen MR) is 35.6 cm³/mol. The Labute approximate surface area is 55.6 Å². The third-order valence-electron chi connectivity index (χ3n) is 1.51. The highest BCUT2D eigenvalue weighted by Gasteiger charge is 2.14. The number of likely N-dealkylation sites (tertiary alicyclic amines) is 1.